The van der Waals surface area contributed by atoms with Crippen molar-refractivity contribution in [3.05, 3.63) is 54.6 Å². The smallest absolute Gasteiger partial charge is 0.205 e. The van der Waals surface area contributed by atoms with Gasteiger partial charge in [0.25, 0.3) is 0 Å². The van der Waals surface area contributed by atoms with Crippen LogP contribution in [0.3, 0.4) is 0 Å². The summed E-state index contributed by atoms with van der Waals surface area (Å²) in [6.45, 7) is 0. The molecule has 0 aliphatic carbocycles. The molecule has 0 saturated heterocycles. The number of nitrogens with zero attached hydrogens (tertiary/aromatic N) is 3. The monoisotopic (exact) mass is 319 g/mol. The Balaban J connectivity index is 2.13. The molecule has 112 valence electrons. The summed E-state index contributed by atoms with van der Waals surface area (Å²) in [6.07, 6.45) is 0. The molecule has 0 radical (unpaired) electrons. The van der Waals surface area contributed by atoms with Gasteiger partial charge >= 0.3 is 0 Å². The molecule has 5 nitrogen and oxygen atoms in total. The number of nitrogen functional groups attached to an aromatic ring is 1. The van der Waals surface area contributed by atoms with E-state index in [4.69, 9.17) is 5.73 Å². The maximum absolute atomic E-state index is 6.11. The highest BCUT2D eigenvalue weighted by atomic mass is 31.0. The topological polar surface area (TPSA) is 80.5 Å². The standard InChI is InChI=1S/C17H14N5P/c18-16-14-13(10-6-2-1-3-7-10)15(19-21-17(14)22-20-16)11-8-4-5-9-12(11)23/h1-9H,23H2,(H3,18,20,21,22). The van der Waals surface area contributed by atoms with Crippen molar-refractivity contribution in [2.24, 2.45) is 0 Å². The van der Waals surface area contributed by atoms with E-state index in [2.05, 4.69) is 29.6 Å². The lowest BCUT2D eigenvalue weighted by Crippen LogP contribution is -2.02. The van der Waals surface area contributed by atoms with Gasteiger partial charge in [-0.2, -0.15) is 5.10 Å². The first-order valence-corrected chi connectivity index (χ1v) is 7.74. The van der Waals surface area contributed by atoms with Gasteiger partial charge in [-0.3, -0.25) is 5.10 Å². The van der Waals surface area contributed by atoms with E-state index in [1.807, 2.05) is 54.6 Å². The van der Waals surface area contributed by atoms with Crippen LogP contribution < -0.4 is 11.0 Å². The summed E-state index contributed by atoms with van der Waals surface area (Å²) in [4.78, 5) is 0. The minimum atomic E-state index is 0.497. The molecule has 0 spiro atoms. The van der Waals surface area contributed by atoms with Crippen LogP contribution in [-0.4, -0.2) is 20.4 Å². The number of hydrogen-bond donors (Lipinski definition) is 2. The van der Waals surface area contributed by atoms with E-state index < -0.39 is 0 Å². The summed E-state index contributed by atoms with van der Waals surface area (Å²) in [6, 6.07) is 18.1. The Labute approximate surface area is 135 Å². The number of aromatic amines is 1. The Hall–Kier alpha value is -2.78. The summed E-state index contributed by atoms with van der Waals surface area (Å²) >= 11 is 0. The van der Waals surface area contributed by atoms with Crippen LogP contribution in [0.25, 0.3) is 33.4 Å². The summed E-state index contributed by atoms with van der Waals surface area (Å²) in [5.41, 5.74) is 10.4. The lowest BCUT2D eigenvalue weighted by atomic mass is 9.97. The number of H-pyrrole nitrogens is 1. The van der Waals surface area contributed by atoms with Crippen molar-refractivity contribution < 1.29 is 0 Å². The third-order valence-corrected chi connectivity index (χ3v) is 4.29. The van der Waals surface area contributed by atoms with E-state index in [1.54, 1.807) is 0 Å². The lowest BCUT2D eigenvalue weighted by Gasteiger charge is -2.11. The molecule has 0 saturated carbocycles. The fraction of sp³-hybridized carbons (Fsp3) is 0. The molecule has 0 aliphatic rings. The molecule has 4 rings (SSSR count). The van der Waals surface area contributed by atoms with Gasteiger partial charge in [0, 0.05) is 11.1 Å². The Bertz CT molecular complexity index is 994. The molecule has 23 heavy (non-hydrogen) atoms. The number of nitrogens with two attached hydrogens (primary N) is 1. The quantitative estimate of drug-likeness (QED) is 0.557. The molecule has 0 amide bonds. The number of aromatic nitrogens is 4. The Kier molecular flexibility index (Phi) is 3.28. The average Bonchev–Trinajstić information content (AvgIpc) is 2.97. The van der Waals surface area contributed by atoms with Gasteiger partial charge in [0.2, 0.25) is 5.65 Å². The van der Waals surface area contributed by atoms with Crippen LogP contribution >= 0.6 is 9.24 Å². The van der Waals surface area contributed by atoms with E-state index in [9.17, 15) is 0 Å². The van der Waals surface area contributed by atoms with Crippen molar-refractivity contribution in [1.29, 1.82) is 0 Å². The normalized spacial score (nSPS) is 11.0. The molecule has 2 aromatic carbocycles. The molecule has 1 atom stereocenters. The number of hydrogen-bond acceptors (Lipinski definition) is 4. The molecule has 0 bridgehead atoms. The van der Waals surface area contributed by atoms with Crippen molar-refractivity contribution in [3.63, 3.8) is 0 Å². The second-order valence-electron chi connectivity index (χ2n) is 5.21. The first-order valence-electron chi connectivity index (χ1n) is 7.16. The van der Waals surface area contributed by atoms with E-state index in [-0.39, 0.29) is 0 Å². The highest BCUT2D eigenvalue weighted by Crippen LogP contribution is 2.36. The van der Waals surface area contributed by atoms with Gasteiger partial charge < -0.3 is 5.73 Å². The van der Waals surface area contributed by atoms with Crippen LogP contribution in [-0.2, 0) is 0 Å². The van der Waals surface area contributed by atoms with Crippen molar-refractivity contribution in [2.75, 3.05) is 5.73 Å². The van der Waals surface area contributed by atoms with Gasteiger partial charge in [-0.25, -0.2) is 0 Å². The number of anilines is 1. The molecule has 6 heteroatoms. The summed E-state index contributed by atoms with van der Waals surface area (Å²) in [5.74, 6) is 0.497. The Morgan fingerprint density at radius 1 is 0.913 bits per heavy atom. The lowest BCUT2D eigenvalue weighted by molar-refractivity contribution is 1.03. The minimum Gasteiger partial charge on any atom is -0.383 e. The second kappa shape index (κ2) is 5.45. The molecule has 4 aromatic rings. The maximum atomic E-state index is 6.11. The highest BCUT2D eigenvalue weighted by molar-refractivity contribution is 7.28. The first-order chi connectivity index (χ1) is 11.3. The van der Waals surface area contributed by atoms with Crippen molar-refractivity contribution in [1.82, 2.24) is 20.4 Å². The average molecular weight is 319 g/mol. The molecular weight excluding hydrogens is 305 g/mol. The summed E-state index contributed by atoms with van der Waals surface area (Å²) in [7, 11) is 2.74. The predicted octanol–water partition coefficient (Wildman–Crippen LogP) is 2.77. The van der Waals surface area contributed by atoms with Crippen molar-refractivity contribution >= 4 is 31.4 Å². The van der Waals surface area contributed by atoms with Gasteiger partial charge in [-0.1, -0.05) is 54.6 Å². The van der Waals surface area contributed by atoms with Gasteiger partial charge in [-0.05, 0) is 10.9 Å². The number of rotatable bonds is 2. The van der Waals surface area contributed by atoms with E-state index >= 15 is 0 Å². The fourth-order valence-corrected chi connectivity index (χ4v) is 3.06. The van der Waals surface area contributed by atoms with E-state index in [1.165, 1.54) is 0 Å². The molecule has 3 N–H and O–H groups in total. The van der Waals surface area contributed by atoms with Crippen LogP contribution in [0.2, 0.25) is 0 Å². The Morgan fingerprint density at radius 2 is 1.65 bits per heavy atom. The fourth-order valence-electron chi connectivity index (χ4n) is 2.72. The third-order valence-electron chi connectivity index (χ3n) is 3.79. The van der Waals surface area contributed by atoms with Gasteiger partial charge in [-0.15, -0.1) is 19.4 Å². The number of benzene rings is 2. The molecule has 2 aromatic heterocycles. The predicted molar refractivity (Wildman–Crippen MR) is 96.3 cm³/mol. The third kappa shape index (κ3) is 2.26. The molecular formula is C17H14N5P. The zero-order chi connectivity index (χ0) is 15.8. The minimum absolute atomic E-state index is 0.497. The molecule has 1 unspecified atom stereocenters. The van der Waals surface area contributed by atoms with Gasteiger partial charge in [0.05, 0.1) is 5.39 Å². The molecule has 0 fully saturated rings. The molecule has 2 heterocycles. The number of fused-ring (bicyclic) bond motifs is 1. The van der Waals surface area contributed by atoms with Gasteiger partial charge in [0.1, 0.15) is 11.5 Å². The maximum Gasteiger partial charge on any atom is 0.205 e. The molecule has 0 aliphatic heterocycles. The largest absolute Gasteiger partial charge is 0.383 e. The summed E-state index contributed by atoms with van der Waals surface area (Å²) < 4.78 is 0. The highest BCUT2D eigenvalue weighted by Gasteiger charge is 2.19. The first kappa shape index (κ1) is 13.9. The van der Waals surface area contributed by atoms with Crippen LogP contribution in [0.15, 0.2) is 54.6 Å². The van der Waals surface area contributed by atoms with Crippen LogP contribution in [0.5, 0.6) is 0 Å². The van der Waals surface area contributed by atoms with Gasteiger partial charge in [0.15, 0.2) is 0 Å². The van der Waals surface area contributed by atoms with Crippen molar-refractivity contribution in [3.8, 4) is 22.4 Å². The SMILES string of the molecule is Nc1[nH]nc2nnc(-c3ccccc3P)c(-c3ccccc3)c12. The van der Waals surface area contributed by atoms with Crippen LogP contribution in [0, 0.1) is 0 Å². The number of nitrogens with one attached hydrogen (secondary N) is 1. The zero-order valence-corrected chi connectivity index (χ0v) is 13.3. The summed E-state index contributed by atoms with van der Waals surface area (Å²) in [5, 5.41) is 17.4. The van der Waals surface area contributed by atoms with E-state index in [0.29, 0.717) is 11.5 Å². The zero-order valence-electron chi connectivity index (χ0n) is 12.2. The second-order valence-corrected chi connectivity index (χ2v) is 5.83. The Morgan fingerprint density at radius 3 is 2.43 bits per heavy atom. The van der Waals surface area contributed by atoms with Crippen LogP contribution in [0.4, 0.5) is 5.82 Å². The van der Waals surface area contributed by atoms with Crippen LogP contribution in [0.1, 0.15) is 0 Å². The van der Waals surface area contributed by atoms with E-state index in [0.717, 1.165) is 33.1 Å². The van der Waals surface area contributed by atoms with Crippen molar-refractivity contribution in [2.45, 2.75) is 0 Å².